The predicted octanol–water partition coefficient (Wildman–Crippen LogP) is 3.13. The Morgan fingerprint density at radius 3 is 2.72 bits per heavy atom. The Kier molecular flexibility index (Phi) is 3.45. The van der Waals surface area contributed by atoms with E-state index in [1.54, 1.807) is 0 Å². The molecule has 0 aromatic heterocycles. The highest BCUT2D eigenvalue weighted by Crippen LogP contribution is 2.40. The first kappa shape index (κ1) is 13.8. The zero-order valence-electron chi connectivity index (χ0n) is 12.0. The van der Waals surface area contributed by atoms with Crippen molar-refractivity contribution < 1.29 is 14.0 Å². The molecule has 2 rings (SSSR count). The summed E-state index contributed by atoms with van der Waals surface area (Å²) in [6, 6.07) is 0. The molecule has 0 unspecified atom stereocenters. The SMILES string of the molecule is CC(C)(C)[Si](C)(C)OC[C@@H]1OC(=O)[C@@H]2CC=C[C@H]12. The van der Waals surface area contributed by atoms with E-state index in [2.05, 4.69) is 46.0 Å². The summed E-state index contributed by atoms with van der Waals surface area (Å²) in [5.41, 5.74) is 0. The Hall–Kier alpha value is -0.613. The first-order valence-corrected chi connectivity index (χ1v) is 9.64. The van der Waals surface area contributed by atoms with E-state index in [0.717, 1.165) is 6.42 Å². The van der Waals surface area contributed by atoms with E-state index in [-0.39, 0.29) is 28.9 Å². The molecule has 0 aromatic carbocycles. The maximum atomic E-state index is 11.7. The number of allylic oxidation sites excluding steroid dienone is 1. The van der Waals surface area contributed by atoms with Gasteiger partial charge in [-0.05, 0) is 24.6 Å². The number of cyclic esters (lactones) is 1. The van der Waals surface area contributed by atoms with Gasteiger partial charge in [-0.25, -0.2) is 0 Å². The summed E-state index contributed by atoms with van der Waals surface area (Å²) in [5, 5.41) is 0.195. The number of rotatable bonds is 3. The van der Waals surface area contributed by atoms with Crippen LogP contribution < -0.4 is 0 Å². The molecule has 3 nitrogen and oxygen atoms in total. The summed E-state index contributed by atoms with van der Waals surface area (Å²) in [6.07, 6.45) is 4.97. The van der Waals surface area contributed by atoms with Crippen LogP contribution in [0.2, 0.25) is 18.1 Å². The second-order valence-electron chi connectivity index (χ2n) is 6.89. The molecular weight excluding hydrogens is 244 g/mol. The second-order valence-corrected chi connectivity index (χ2v) is 11.7. The van der Waals surface area contributed by atoms with Gasteiger partial charge in [0.2, 0.25) is 0 Å². The molecule has 0 amide bonds. The van der Waals surface area contributed by atoms with E-state index in [0.29, 0.717) is 6.61 Å². The average Bonchev–Trinajstić information content (AvgIpc) is 2.79. The third-order valence-electron chi connectivity index (χ3n) is 4.63. The Labute approximate surface area is 111 Å². The lowest BCUT2D eigenvalue weighted by Crippen LogP contribution is -2.43. The lowest BCUT2D eigenvalue weighted by atomic mass is 9.94. The highest BCUT2D eigenvalue weighted by atomic mass is 28.4. The summed E-state index contributed by atoms with van der Waals surface area (Å²) in [6.45, 7) is 11.7. The molecule has 1 aliphatic carbocycles. The van der Waals surface area contributed by atoms with Gasteiger partial charge in [0.25, 0.3) is 0 Å². The molecule has 0 radical (unpaired) electrons. The van der Waals surface area contributed by atoms with Gasteiger partial charge in [-0.2, -0.15) is 0 Å². The monoisotopic (exact) mass is 268 g/mol. The first-order chi connectivity index (χ1) is 8.22. The zero-order chi connectivity index (χ0) is 13.6. The quantitative estimate of drug-likeness (QED) is 0.448. The van der Waals surface area contributed by atoms with E-state index < -0.39 is 8.32 Å². The molecule has 102 valence electrons. The van der Waals surface area contributed by atoms with E-state index in [9.17, 15) is 4.79 Å². The van der Waals surface area contributed by atoms with Crippen LogP contribution in [0, 0.1) is 11.8 Å². The second kappa shape index (κ2) is 4.49. The molecule has 0 spiro atoms. The summed E-state index contributed by atoms with van der Waals surface area (Å²) >= 11 is 0. The Balaban J connectivity index is 1.95. The number of esters is 1. The van der Waals surface area contributed by atoms with Gasteiger partial charge in [-0.15, -0.1) is 0 Å². The molecule has 3 atom stereocenters. The molecule has 1 fully saturated rings. The van der Waals surface area contributed by atoms with Gasteiger partial charge < -0.3 is 9.16 Å². The van der Waals surface area contributed by atoms with Crippen LogP contribution in [0.1, 0.15) is 27.2 Å². The van der Waals surface area contributed by atoms with Crippen LogP contribution in [0.15, 0.2) is 12.2 Å². The van der Waals surface area contributed by atoms with E-state index >= 15 is 0 Å². The normalized spacial score (nSPS) is 31.6. The maximum absolute atomic E-state index is 11.7. The van der Waals surface area contributed by atoms with Gasteiger partial charge in [-0.1, -0.05) is 32.9 Å². The van der Waals surface area contributed by atoms with Crippen molar-refractivity contribution in [2.45, 2.75) is 51.4 Å². The van der Waals surface area contributed by atoms with Crippen molar-refractivity contribution in [3.63, 3.8) is 0 Å². The Bertz CT molecular complexity index is 368. The van der Waals surface area contributed by atoms with Crippen LogP contribution in [-0.2, 0) is 14.0 Å². The van der Waals surface area contributed by atoms with Crippen LogP contribution in [-0.4, -0.2) is 27.0 Å². The van der Waals surface area contributed by atoms with Gasteiger partial charge >= 0.3 is 5.97 Å². The largest absolute Gasteiger partial charge is 0.459 e. The predicted molar refractivity (Wildman–Crippen MR) is 73.8 cm³/mol. The van der Waals surface area contributed by atoms with Crippen molar-refractivity contribution in [1.82, 2.24) is 0 Å². The number of fused-ring (bicyclic) bond motifs is 1. The van der Waals surface area contributed by atoms with Crippen molar-refractivity contribution in [2.75, 3.05) is 6.61 Å². The average molecular weight is 268 g/mol. The van der Waals surface area contributed by atoms with Crippen LogP contribution >= 0.6 is 0 Å². The van der Waals surface area contributed by atoms with Crippen molar-refractivity contribution in [2.24, 2.45) is 11.8 Å². The number of carbonyl (C=O) groups excluding carboxylic acids is 1. The molecule has 1 saturated heterocycles. The maximum Gasteiger partial charge on any atom is 0.310 e. The zero-order valence-corrected chi connectivity index (χ0v) is 13.0. The topological polar surface area (TPSA) is 35.5 Å². The highest BCUT2D eigenvalue weighted by Gasteiger charge is 2.46. The van der Waals surface area contributed by atoms with Crippen LogP contribution in [0.25, 0.3) is 0 Å². The van der Waals surface area contributed by atoms with Crippen molar-refractivity contribution in [1.29, 1.82) is 0 Å². The molecule has 0 aromatic rings. The van der Waals surface area contributed by atoms with Crippen molar-refractivity contribution in [3.8, 4) is 0 Å². The van der Waals surface area contributed by atoms with Crippen LogP contribution in [0.4, 0.5) is 0 Å². The molecule has 18 heavy (non-hydrogen) atoms. The fraction of sp³-hybridized carbons (Fsp3) is 0.786. The summed E-state index contributed by atoms with van der Waals surface area (Å²) in [7, 11) is -1.75. The third-order valence-corrected chi connectivity index (χ3v) is 9.13. The summed E-state index contributed by atoms with van der Waals surface area (Å²) < 4.78 is 11.6. The van der Waals surface area contributed by atoms with Gasteiger partial charge in [0.05, 0.1) is 12.5 Å². The molecule has 0 saturated carbocycles. The summed E-state index contributed by atoms with van der Waals surface area (Å²) in [5.74, 6) is 0.245. The number of hydrogen-bond acceptors (Lipinski definition) is 3. The minimum absolute atomic E-state index is 0.0474. The van der Waals surface area contributed by atoms with Gasteiger partial charge in [0.15, 0.2) is 8.32 Å². The number of ether oxygens (including phenoxy) is 1. The van der Waals surface area contributed by atoms with Crippen LogP contribution in [0.3, 0.4) is 0 Å². The molecule has 1 heterocycles. The van der Waals surface area contributed by atoms with Gasteiger partial charge in [0.1, 0.15) is 6.10 Å². The third kappa shape index (κ3) is 2.41. The lowest BCUT2D eigenvalue weighted by Gasteiger charge is -2.37. The molecule has 2 aliphatic rings. The molecule has 1 aliphatic heterocycles. The van der Waals surface area contributed by atoms with E-state index in [1.807, 2.05) is 0 Å². The molecule has 0 N–H and O–H groups in total. The Morgan fingerprint density at radius 2 is 2.11 bits per heavy atom. The number of hydrogen-bond donors (Lipinski definition) is 0. The minimum atomic E-state index is -1.75. The fourth-order valence-corrected chi connectivity index (χ4v) is 3.29. The van der Waals surface area contributed by atoms with Gasteiger partial charge in [-0.3, -0.25) is 4.79 Å². The fourth-order valence-electron chi connectivity index (χ4n) is 2.28. The number of carbonyl (C=O) groups is 1. The van der Waals surface area contributed by atoms with Crippen molar-refractivity contribution in [3.05, 3.63) is 12.2 Å². The lowest BCUT2D eigenvalue weighted by molar-refractivity contribution is -0.145. The van der Waals surface area contributed by atoms with Gasteiger partial charge in [0, 0.05) is 5.92 Å². The Morgan fingerprint density at radius 1 is 1.44 bits per heavy atom. The first-order valence-electron chi connectivity index (χ1n) is 6.73. The smallest absolute Gasteiger partial charge is 0.310 e. The molecule has 0 bridgehead atoms. The highest BCUT2D eigenvalue weighted by molar-refractivity contribution is 6.74. The standard InChI is InChI=1S/C14H24O3Si/c1-14(2,3)18(4,5)16-9-12-10-7-6-8-11(10)13(15)17-12/h6-7,10-12H,8-9H2,1-5H3/t10-,11+,12-/m0/s1. The molecular formula is C14H24O3Si. The van der Waals surface area contributed by atoms with E-state index in [1.165, 1.54) is 0 Å². The van der Waals surface area contributed by atoms with Crippen LogP contribution in [0.5, 0.6) is 0 Å². The summed E-state index contributed by atoms with van der Waals surface area (Å²) in [4.78, 5) is 11.7. The van der Waals surface area contributed by atoms with E-state index in [4.69, 9.17) is 9.16 Å². The minimum Gasteiger partial charge on any atom is -0.459 e. The van der Waals surface area contributed by atoms with Crippen molar-refractivity contribution >= 4 is 14.3 Å². The molecule has 4 heteroatoms.